The van der Waals surface area contributed by atoms with Crippen molar-refractivity contribution in [2.45, 2.75) is 38.3 Å². The van der Waals surface area contributed by atoms with E-state index < -0.39 is 47.5 Å². The highest BCUT2D eigenvalue weighted by atomic mass is 16.6. The van der Waals surface area contributed by atoms with Crippen molar-refractivity contribution < 1.29 is 33.8 Å². The van der Waals surface area contributed by atoms with Crippen molar-refractivity contribution in [2.75, 3.05) is 13.7 Å². The lowest BCUT2D eigenvalue weighted by Crippen LogP contribution is -2.50. The van der Waals surface area contributed by atoms with Crippen LogP contribution < -0.4 is 10.6 Å². The van der Waals surface area contributed by atoms with Crippen LogP contribution in [0.5, 0.6) is 0 Å². The molecule has 9 heteroatoms. The molecule has 0 aromatic carbocycles. The van der Waals surface area contributed by atoms with Gasteiger partial charge >= 0.3 is 18.0 Å². The van der Waals surface area contributed by atoms with Gasteiger partial charge in [-0.2, -0.15) is 0 Å². The van der Waals surface area contributed by atoms with E-state index in [0.29, 0.717) is 0 Å². The lowest BCUT2D eigenvalue weighted by Gasteiger charge is -2.20. The molecule has 1 aliphatic carbocycles. The predicted molar refractivity (Wildman–Crippen MR) is 72.9 cm³/mol. The Hall–Kier alpha value is -2.32. The molecule has 22 heavy (non-hydrogen) atoms. The Balaban J connectivity index is 2.55. The SMILES string of the molecule is COC(=O)[C@@]1(NC(=O)CNC(=O)OC(C)(C)C)C[C@@H]1C(=O)O. The van der Waals surface area contributed by atoms with Gasteiger partial charge in [-0.3, -0.25) is 9.59 Å². The fourth-order valence-corrected chi connectivity index (χ4v) is 1.92. The molecule has 1 rings (SSSR count). The zero-order chi connectivity index (χ0) is 17.1. The molecule has 124 valence electrons. The lowest BCUT2D eigenvalue weighted by molar-refractivity contribution is -0.150. The number of aliphatic carboxylic acids is 1. The first-order valence-corrected chi connectivity index (χ1v) is 6.61. The lowest BCUT2D eigenvalue weighted by atomic mass is 10.2. The van der Waals surface area contributed by atoms with Gasteiger partial charge in [0.05, 0.1) is 13.0 Å². The standard InChI is InChI=1S/C13H20N2O7/c1-12(2,3)22-11(20)14-6-8(16)15-13(10(19)21-4)5-7(13)9(17)18/h7H,5-6H2,1-4H3,(H,14,20)(H,15,16)(H,17,18)/t7-,13-/m1/s1. The quantitative estimate of drug-likeness (QED) is 0.590. The Morgan fingerprint density at radius 2 is 1.86 bits per heavy atom. The van der Waals surface area contributed by atoms with E-state index in [4.69, 9.17) is 9.84 Å². The highest BCUT2D eigenvalue weighted by Gasteiger charge is 2.66. The zero-order valence-corrected chi connectivity index (χ0v) is 12.9. The summed E-state index contributed by atoms with van der Waals surface area (Å²) >= 11 is 0. The number of hydrogen-bond acceptors (Lipinski definition) is 6. The number of carbonyl (C=O) groups is 4. The zero-order valence-electron chi connectivity index (χ0n) is 12.9. The molecule has 0 heterocycles. The van der Waals surface area contributed by atoms with Gasteiger partial charge < -0.3 is 25.2 Å². The number of ether oxygens (including phenoxy) is 2. The van der Waals surface area contributed by atoms with Crippen LogP contribution in [0.15, 0.2) is 0 Å². The molecule has 0 spiro atoms. The number of nitrogens with one attached hydrogen (secondary N) is 2. The Bertz CT molecular complexity index is 497. The summed E-state index contributed by atoms with van der Waals surface area (Å²) in [7, 11) is 1.10. The second-order valence-corrected chi connectivity index (χ2v) is 5.96. The molecule has 2 atom stereocenters. The van der Waals surface area contributed by atoms with Gasteiger partial charge in [-0.1, -0.05) is 0 Å². The van der Waals surface area contributed by atoms with Gasteiger partial charge in [0.15, 0.2) is 5.54 Å². The van der Waals surface area contributed by atoms with Crippen LogP contribution in [0, 0.1) is 5.92 Å². The van der Waals surface area contributed by atoms with Gasteiger partial charge in [-0.15, -0.1) is 0 Å². The first kappa shape index (κ1) is 17.7. The van der Waals surface area contributed by atoms with Gasteiger partial charge in [0, 0.05) is 0 Å². The van der Waals surface area contributed by atoms with E-state index in [0.717, 1.165) is 7.11 Å². The van der Waals surface area contributed by atoms with E-state index in [2.05, 4.69) is 15.4 Å². The highest BCUT2D eigenvalue weighted by Crippen LogP contribution is 2.44. The van der Waals surface area contributed by atoms with Crippen LogP contribution in [0.1, 0.15) is 27.2 Å². The Morgan fingerprint density at radius 1 is 1.27 bits per heavy atom. The Kier molecular flexibility index (Phi) is 5.00. The minimum atomic E-state index is -1.56. The van der Waals surface area contributed by atoms with Gasteiger partial charge in [0.2, 0.25) is 5.91 Å². The highest BCUT2D eigenvalue weighted by molar-refractivity contribution is 5.98. The summed E-state index contributed by atoms with van der Waals surface area (Å²) in [6.45, 7) is 4.56. The van der Waals surface area contributed by atoms with E-state index in [1.165, 1.54) is 0 Å². The molecule has 0 bridgehead atoms. The van der Waals surface area contributed by atoms with E-state index >= 15 is 0 Å². The van der Waals surface area contributed by atoms with Crippen molar-refractivity contribution in [1.29, 1.82) is 0 Å². The van der Waals surface area contributed by atoms with Crippen molar-refractivity contribution in [3.8, 4) is 0 Å². The smallest absolute Gasteiger partial charge is 0.408 e. The number of esters is 1. The number of rotatable bonds is 5. The van der Waals surface area contributed by atoms with Gasteiger partial charge in [0.1, 0.15) is 12.1 Å². The molecule has 1 fully saturated rings. The summed E-state index contributed by atoms with van der Waals surface area (Å²) in [6.07, 6.45) is -0.840. The fourth-order valence-electron chi connectivity index (χ4n) is 1.92. The largest absolute Gasteiger partial charge is 0.481 e. The Labute approximate surface area is 127 Å². The molecule has 0 radical (unpaired) electrons. The molecule has 9 nitrogen and oxygen atoms in total. The summed E-state index contributed by atoms with van der Waals surface area (Å²) in [5, 5.41) is 13.5. The number of carboxylic acid groups (broad SMARTS) is 1. The minimum absolute atomic E-state index is 0.0484. The number of alkyl carbamates (subject to hydrolysis) is 1. The molecular formula is C13H20N2O7. The third-order valence-corrected chi connectivity index (χ3v) is 2.96. The molecule has 1 aliphatic rings. The number of methoxy groups -OCH3 is 1. The van der Waals surface area contributed by atoms with Gasteiger partial charge in [-0.05, 0) is 27.2 Å². The molecule has 0 aromatic heterocycles. The van der Waals surface area contributed by atoms with Crippen molar-refractivity contribution in [3.05, 3.63) is 0 Å². The number of carbonyl (C=O) groups excluding carboxylic acids is 3. The summed E-state index contributed by atoms with van der Waals surface area (Å²) in [4.78, 5) is 45.8. The van der Waals surface area contributed by atoms with Gasteiger partial charge in [0.25, 0.3) is 0 Å². The number of amides is 2. The van der Waals surface area contributed by atoms with Crippen LogP contribution in [0.25, 0.3) is 0 Å². The maximum absolute atomic E-state index is 11.8. The van der Waals surface area contributed by atoms with E-state index in [-0.39, 0.29) is 6.42 Å². The number of carboxylic acids is 1. The third kappa shape index (κ3) is 4.34. The van der Waals surface area contributed by atoms with Crippen LogP contribution in [-0.4, -0.2) is 53.8 Å². The van der Waals surface area contributed by atoms with Crippen molar-refractivity contribution in [2.24, 2.45) is 5.92 Å². The normalized spacial score (nSPS) is 23.2. The summed E-state index contributed by atoms with van der Waals surface area (Å²) in [5.41, 5.74) is -2.27. The monoisotopic (exact) mass is 316 g/mol. The van der Waals surface area contributed by atoms with E-state index in [1.54, 1.807) is 20.8 Å². The topological polar surface area (TPSA) is 131 Å². The molecule has 0 aliphatic heterocycles. The molecule has 0 unspecified atom stereocenters. The fraction of sp³-hybridized carbons (Fsp3) is 0.692. The molecule has 0 aromatic rings. The van der Waals surface area contributed by atoms with Gasteiger partial charge in [-0.25, -0.2) is 9.59 Å². The maximum Gasteiger partial charge on any atom is 0.408 e. The first-order valence-electron chi connectivity index (χ1n) is 6.61. The van der Waals surface area contributed by atoms with Crippen LogP contribution in [0.3, 0.4) is 0 Å². The minimum Gasteiger partial charge on any atom is -0.481 e. The van der Waals surface area contributed by atoms with Crippen molar-refractivity contribution >= 4 is 23.9 Å². The van der Waals surface area contributed by atoms with Crippen molar-refractivity contribution in [1.82, 2.24) is 10.6 Å². The predicted octanol–water partition coefficient (Wildman–Crippen LogP) is -0.356. The average molecular weight is 316 g/mol. The molecule has 1 saturated carbocycles. The molecule has 0 saturated heterocycles. The van der Waals surface area contributed by atoms with Crippen LogP contribution >= 0.6 is 0 Å². The van der Waals surface area contributed by atoms with Crippen LogP contribution in [-0.2, 0) is 23.9 Å². The first-order chi connectivity index (χ1) is 10.0. The van der Waals surface area contributed by atoms with Crippen LogP contribution in [0.4, 0.5) is 4.79 Å². The van der Waals surface area contributed by atoms with Crippen LogP contribution in [0.2, 0.25) is 0 Å². The second kappa shape index (κ2) is 6.20. The average Bonchev–Trinajstić information content (AvgIpc) is 3.09. The Morgan fingerprint density at radius 3 is 2.27 bits per heavy atom. The second-order valence-electron chi connectivity index (χ2n) is 5.96. The summed E-state index contributed by atoms with van der Waals surface area (Å²) in [5.74, 6) is -3.78. The third-order valence-electron chi connectivity index (χ3n) is 2.96. The summed E-state index contributed by atoms with van der Waals surface area (Å²) < 4.78 is 9.47. The number of hydrogen-bond donors (Lipinski definition) is 3. The maximum atomic E-state index is 11.8. The molecule has 2 amide bonds. The van der Waals surface area contributed by atoms with E-state index in [1.807, 2.05) is 0 Å². The van der Waals surface area contributed by atoms with E-state index in [9.17, 15) is 19.2 Å². The summed E-state index contributed by atoms with van der Waals surface area (Å²) in [6, 6.07) is 0. The van der Waals surface area contributed by atoms with Crippen molar-refractivity contribution in [3.63, 3.8) is 0 Å². The molecular weight excluding hydrogens is 296 g/mol. The molecule has 3 N–H and O–H groups in total.